The molecule has 0 aliphatic heterocycles. The van der Waals surface area contributed by atoms with E-state index >= 15 is 0 Å². The Morgan fingerprint density at radius 2 is 2.09 bits per heavy atom. The summed E-state index contributed by atoms with van der Waals surface area (Å²) in [5.41, 5.74) is 1.90. The lowest BCUT2D eigenvalue weighted by Gasteiger charge is -2.11. The number of carbonyl (C=O) groups excluding carboxylic acids is 1. The molecule has 3 rings (SSSR count). The number of furan rings is 1. The molecule has 0 saturated heterocycles. The Hall–Kier alpha value is -2.63. The fourth-order valence-corrected chi connectivity index (χ4v) is 2.89. The summed E-state index contributed by atoms with van der Waals surface area (Å²) >= 11 is 0. The van der Waals surface area contributed by atoms with Crippen LogP contribution in [-0.2, 0) is 12.8 Å². The minimum atomic E-state index is -0.485. The maximum absolute atomic E-state index is 12.5. The van der Waals surface area contributed by atoms with Crippen molar-refractivity contribution in [2.75, 3.05) is 5.32 Å². The van der Waals surface area contributed by atoms with Crippen LogP contribution in [0.2, 0.25) is 0 Å². The van der Waals surface area contributed by atoms with Crippen molar-refractivity contribution in [2.45, 2.75) is 32.6 Å². The summed E-state index contributed by atoms with van der Waals surface area (Å²) in [5, 5.41) is 13.5. The number of non-ortho nitro benzene ring substituents is 1. The number of nitrogens with zero attached hydrogens (tertiary/aromatic N) is 1. The monoisotopic (exact) mass is 300 g/mol. The summed E-state index contributed by atoms with van der Waals surface area (Å²) in [4.78, 5) is 22.8. The van der Waals surface area contributed by atoms with Crippen LogP contribution in [0.5, 0.6) is 0 Å². The molecule has 6 nitrogen and oxygen atoms in total. The predicted molar refractivity (Wildman–Crippen MR) is 81.1 cm³/mol. The molecule has 0 atom stereocenters. The average molecular weight is 300 g/mol. The Labute approximate surface area is 127 Å². The average Bonchev–Trinajstić information content (AvgIpc) is 2.83. The number of anilines is 1. The molecule has 1 heterocycles. The van der Waals surface area contributed by atoms with Crippen LogP contribution in [0.4, 0.5) is 11.4 Å². The van der Waals surface area contributed by atoms with E-state index < -0.39 is 4.92 Å². The number of nitro benzene ring substituents is 1. The minimum Gasteiger partial charge on any atom is -0.465 e. The summed E-state index contributed by atoms with van der Waals surface area (Å²) < 4.78 is 5.69. The van der Waals surface area contributed by atoms with Gasteiger partial charge in [0.25, 0.3) is 11.6 Å². The van der Waals surface area contributed by atoms with Gasteiger partial charge in [-0.15, -0.1) is 0 Å². The van der Waals surface area contributed by atoms with Gasteiger partial charge in [-0.25, -0.2) is 0 Å². The molecule has 0 unspecified atom stereocenters. The zero-order valence-corrected chi connectivity index (χ0v) is 12.2. The van der Waals surface area contributed by atoms with Gasteiger partial charge in [0.05, 0.1) is 10.5 Å². The van der Waals surface area contributed by atoms with Gasteiger partial charge in [-0.05, 0) is 32.3 Å². The lowest BCUT2D eigenvalue weighted by molar-refractivity contribution is -0.384. The Balaban J connectivity index is 1.88. The summed E-state index contributed by atoms with van der Waals surface area (Å²) in [6.45, 7) is 1.78. The first-order valence-electron chi connectivity index (χ1n) is 7.23. The number of hydrogen-bond donors (Lipinski definition) is 1. The highest BCUT2D eigenvalue weighted by Crippen LogP contribution is 2.30. The van der Waals surface area contributed by atoms with E-state index in [1.165, 1.54) is 12.1 Å². The summed E-state index contributed by atoms with van der Waals surface area (Å²) in [5.74, 6) is 1.23. The highest BCUT2D eigenvalue weighted by Gasteiger charge is 2.25. The Kier molecular flexibility index (Phi) is 3.66. The molecule has 22 heavy (non-hydrogen) atoms. The van der Waals surface area contributed by atoms with Crippen LogP contribution in [0.15, 0.2) is 28.7 Å². The van der Waals surface area contributed by atoms with Crippen molar-refractivity contribution in [1.29, 1.82) is 0 Å². The van der Waals surface area contributed by atoms with Gasteiger partial charge >= 0.3 is 0 Å². The molecule has 0 saturated carbocycles. The lowest BCUT2D eigenvalue weighted by Crippen LogP contribution is -2.15. The zero-order valence-electron chi connectivity index (χ0n) is 12.2. The number of carbonyl (C=O) groups is 1. The number of nitrogens with one attached hydrogen (secondary N) is 1. The second-order valence-corrected chi connectivity index (χ2v) is 5.40. The quantitative estimate of drug-likeness (QED) is 0.692. The van der Waals surface area contributed by atoms with E-state index in [1.54, 1.807) is 19.1 Å². The first-order chi connectivity index (χ1) is 10.6. The van der Waals surface area contributed by atoms with Crippen LogP contribution in [0, 0.1) is 17.0 Å². The first-order valence-corrected chi connectivity index (χ1v) is 7.23. The third kappa shape index (κ3) is 2.59. The standard InChI is InChI=1S/C16H16N2O4/c1-10-15(13-7-2-3-8-14(13)22-10)16(19)17-11-5-4-6-12(9-11)18(20)21/h4-6,9H,2-3,7-8H2,1H3,(H,17,19). The normalized spacial score (nSPS) is 13.5. The maximum Gasteiger partial charge on any atom is 0.271 e. The third-order valence-electron chi connectivity index (χ3n) is 3.89. The molecular formula is C16H16N2O4. The zero-order chi connectivity index (χ0) is 15.7. The molecule has 0 radical (unpaired) electrons. The fraction of sp³-hybridized carbons (Fsp3) is 0.312. The van der Waals surface area contributed by atoms with E-state index in [2.05, 4.69) is 5.32 Å². The van der Waals surface area contributed by atoms with Crippen LogP contribution < -0.4 is 5.32 Å². The second-order valence-electron chi connectivity index (χ2n) is 5.40. The molecule has 1 aliphatic carbocycles. The van der Waals surface area contributed by atoms with Gasteiger partial charge in [-0.2, -0.15) is 0 Å². The Morgan fingerprint density at radius 1 is 1.32 bits per heavy atom. The molecule has 0 fully saturated rings. The molecule has 0 bridgehead atoms. The van der Waals surface area contributed by atoms with Gasteiger partial charge in [-0.1, -0.05) is 6.07 Å². The Bertz CT molecular complexity index is 749. The van der Waals surface area contributed by atoms with Crippen molar-refractivity contribution in [3.63, 3.8) is 0 Å². The smallest absolute Gasteiger partial charge is 0.271 e. The molecule has 1 amide bonds. The number of nitro groups is 1. The fourth-order valence-electron chi connectivity index (χ4n) is 2.89. The lowest BCUT2D eigenvalue weighted by atomic mass is 9.94. The van der Waals surface area contributed by atoms with Crippen molar-refractivity contribution >= 4 is 17.3 Å². The van der Waals surface area contributed by atoms with Crippen LogP contribution >= 0.6 is 0 Å². The molecule has 2 aromatic rings. The second kappa shape index (κ2) is 5.63. The van der Waals surface area contributed by atoms with Crippen molar-refractivity contribution in [1.82, 2.24) is 0 Å². The minimum absolute atomic E-state index is 0.0521. The number of rotatable bonds is 3. The van der Waals surface area contributed by atoms with Crippen LogP contribution in [0.3, 0.4) is 0 Å². The van der Waals surface area contributed by atoms with Gasteiger partial charge in [-0.3, -0.25) is 14.9 Å². The molecule has 1 aromatic carbocycles. The third-order valence-corrected chi connectivity index (χ3v) is 3.89. The number of aryl methyl sites for hydroxylation is 2. The van der Waals surface area contributed by atoms with Crippen molar-refractivity contribution in [3.05, 3.63) is 57.0 Å². The SMILES string of the molecule is Cc1oc2c(c1C(=O)Nc1cccc([N+](=O)[O-])c1)CCCC2. The van der Waals surface area contributed by atoms with Gasteiger partial charge < -0.3 is 9.73 Å². The van der Waals surface area contributed by atoms with Crippen molar-refractivity contribution in [2.24, 2.45) is 0 Å². The van der Waals surface area contributed by atoms with E-state index in [0.717, 1.165) is 37.0 Å². The highest BCUT2D eigenvalue weighted by molar-refractivity contribution is 6.06. The highest BCUT2D eigenvalue weighted by atomic mass is 16.6. The molecule has 1 aromatic heterocycles. The largest absolute Gasteiger partial charge is 0.465 e. The van der Waals surface area contributed by atoms with Gasteiger partial charge in [0, 0.05) is 29.8 Å². The molecule has 114 valence electrons. The maximum atomic E-state index is 12.5. The Morgan fingerprint density at radius 3 is 2.86 bits per heavy atom. The summed E-state index contributed by atoms with van der Waals surface area (Å²) in [6.07, 6.45) is 3.82. The first kappa shape index (κ1) is 14.3. The van der Waals surface area contributed by atoms with Gasteiger partial charge in [0.15, 0.2) is 0 Å². The number of benzene rings is 1. The topological polar surface area (TPSA) is 85.4 Å². The number of amides is 1. The van der Waals surface area contributed by atoms with Crippen LogP contribution in [-0.4, -0.2) is 10.8 Å². The van der Waals surface area contributed by atoms with Gasteiger partial charge in [0.1, 0.15) is 11.5 Å². The molecule has 0 spiro atoms. The molecule has 1 aliphatic rings. The predicted octanol–water partition coefficient (Wildman–Crippen LogP) is 3.63. The van der Waals surface area contributed by atoms with E-state index in [0.29, 0.717) is 17.0 Å². The molecule has 1 N–H and O–H groups in total. The molecular weight excluding hydrogens is 284 g/mol. The van der Waals surface area contributed by atoms with E-state index in [9.17, 15) is 14.9 Å². The van der Waals surface area contributed by atoms with E-state index in [1.807, 2.05) is 0 Å². The summed E-state index contributed by atoms with van der Waals surface area (Å²) in [7, 11) is 0. The van der Waals surface area contributed by atoms with Crippen LogP contribution in [0.1, 0.15) is 40.3 Å². The molecule has 6 heteroatoms. The van der Waals surface area contributed by atoms with Crippen LogP contribution in [0.25, 0.3) is 0 Å². The van der Waals surface area contributed by atoms with Crippen molar-refractivity contribution < 1.29 is 14.1 Å². The van der Waals surface area contributed by atoms with Gasteiger partial charge in [0.2, 0.25) is 0 Å². The number of hydrogen-bond acceptors (Lipinski definition) is 4. The van der Waals surface area contributed by atoms with E-state index in [4.69, 9.17) is 4.42 Å². The summed E-state index contributed by atoms with van der Waals surface area (Å²) in [6, 6.07) is 5.92. The van der Waals surface area contributed by atoms with Crippen molar-refractivity contribution in [3.8, 4) is 0 Å². The van der Waals surface area contributed by atoms with E-state index in [-0.39, 0.29) is 11.6 Å². The number of fused-ring (bicyclic) bond motifs is 1.